The van der Waals surface area contributed by atoms with E-state index in [1.54, 1.807) is 50.2 Å². The molecule has 7 nitrogen and oxygen atoms in total. The van der Waals surface area contributed by atoms with E-state index in [2.05, 4.69) is 0 Å². The Balaban J connectivity index is 1.94. The van der Waals surface area contributed by atoms with Gasteiger partial charge >= 0.3 is 5.69 Å². The fourth-order valence-corrected chi connectivity index (χ4v) is 3.37. The summed E-state index contributed by atoms with van der Waals surface area (Å²) in [4.78, 5) is 40.0. The highest BCUT2D eigenvalue weighted by Crippen LogP contribution is 2.22. The second-order valence-corrected chi connectivity index (χ2v) is 6.89. The highest BCUT2D eigenvalue weighted by Gasteiger charge is 2.20. The molecular formula is C22H25N3O4. The van der Waals surface area contributed by atoms with E-state index in [0.717, 1.165) is 15.9 Å². The number of ether oxygens (including phenoxy) is 1. The Labute approximate surface area is 168 Å². The van der Waals surface area contributed by atoms with Gasteiger partial charge in [0.05, 0.1) is 24.1 Å². The maximum Gasteiger partial charge on any atom is 0.331 e. The Kier molecular flexibility index (Phi) is 5.87. The summed E-state index contributed by atoms with van der Waals surface area (Å²) >= 11 is 0. The first-order chi connectivity index (χ1) is 13.9. The van der Waals surface area contributed by atoms with Crippen LogP contribution < -0.4 is 16.0 Å². The lowest BCUT2D eigenvalue weighted by atomic mass is 10.1. The van der Waals surface area contributed by atoms with Gasteiger partial charge in [-0.15, -0.1) is 0 Å². The molecule has 0 spiro atoms. The maximum atomic E-state index is 13.0. The van der Waals surface area contributed by atoms with Crippen LogP contribution in [0.1, 0.15) is 25.5 Å². The minimum atomic E-state index is -0.477. The molecule has 3 rings (SSSR count). The number of hydrogen-bond acceptors (Lipinski definition) is 4. The van der Waals surface area contributed by atoms with Crippen molar-refractivity contribution in [3.05, 3.63) is 74.9 Å². The molecule has 0 bridgehead atoms. The summed E-state index contributed by atoms with van der Waals surface area (Å²) in [5, 5.41) is 0.424. The lowest BCUT2D eigenvalue weighted by molar-refractivity contribution is -0.132. The number of carbonyl (C=O) groups excluding carboxylic acids is 1. The lowest BCUT2D eigenvalue weighted by Crippen LogP contribution is -2.43. The molecule has 152 valence electrons. The highest BCUT2D eigenvalue weighted by atomic mass is 16.5. The summed E-state index contributed by atoms with van der Waals surface area (Å²) in [6, 6.07) is 14.2. The van der Waals surface area contributed by atoms with Gasteiger partial charge in [-0.25, -0.2) is 4.79 Å². The van der Waals surface area contributed by atoms with Crippen LogP contribution in [0.4, 0.5) is 0 Å². The van der Waals surface area contributed by atoms with Crippen LogP contribution in [0.3, 0.4) is 0 Å². The summed E-state index contributed by atoms with van der Waals surface area (Å²) in [7, 11) is 3.31. The summed E-state index contributed by atoms with van der Waals surface area (Å²) < 4.78 is 7.71. The smallest absolute Gasteiger partial charge is 0.331 e. The van der Waals surface area contributed by atoms with Gasteiger partial charge in [-0.05, 0) is 43.7 Å². The Hall–Kier alpha value is -3.35. The first-order valence-electron chi connectivity index (χ1n) is 9.51. The van der Waals surface area contributed by atoms with Crippen molar-refractivity contribution in [2.24, 2.45) is 0 Å². The zero-order valence-corrected chi connectivity index (χ0v) is 17.1. The zero-order valence-electron chi connectivity index (χ0n) is 17.1. The van der Waals surface area contributed by atoms with Crippen LogP contribution in [-0.4, -0.2) is 34.1 Å². The van der Waals surface area contributed by atoms with Crippen molar-refractivity contribution in [2.75, 3.05) is 14.2 Å². The first-order valence-corrected chi connectivity index (χ1v) is 9.51. The molecule has 0 aliphatic rings. The van der Waals surface area contributed by atoms with Crippen molar-refractivity contribution in [2.45, 2.75) is 33.0 Å². The van der Waals surface area contributed by atoms with Gasteiger partial charge < -0.3 is 9.64 Å². The topological polar surface area (TPSA) is 73.5 Å². The molecule has 3 aromatic rings. The lowest BCUT2D eigenvalue weighted by Gasteiger charge is -2.26. The predicted molar refractivity (Wildman–Crippen MR) is 112 cm³/mol. The quantitative estimate of drug-likeness (QED) is 0.643. The van der Waals surface area contributed by atoms with Crippen LogP contribution in [0, 0.1) is 0 Å². The third-order valence-corrected chi connectivity index (χ3v) is 5.31. The number of carbonyl (C=O) groups is 1. The average Bonchev–Trinajstić information content (AvgIpc) is 2.76. The van der Waals surface area contributed by atoms with Crippen molar-refractivity contribution in [3.63, 3.8) is 0 Å². The van der Waals surface area contributed by atoms with Crippen LogP contribution in [0.5, 0.6) is 5.75 Å². The third kappa shape index (κ3) is 3.81. The minimum Gasteiger partial charge on any atom is -0.497 e. The molecule has 1 aromatic heterocycles. The Bertz CT molecular complexity index is 1150. The number of benzene rings is 2. The molecule has 0 saturated carbocycles. The fraction of sp³-hybridized carbons (Fsp3) is 0.318. The average molecular weight is 395 g/mol. The van der Waals surface area contributed by atoms with E-state index in [1.165, 1.54) is 4.57 Å². The molecule has 1 amide bonds. The molecular weight excluding hydrogens is 370 g/mol. The van der Waals surface area contributed by atoms with Crippen LogP contribution in [-0.2, 0) is 17.9 Å². The third-order valence-electron chi connectivity index (χ3n) is 5.31. The Morgan fingerprint density at radius 2 is 1.72 bits per heavy atom. The monoisotopic (exact) mass is 395 g/mol. The molecule has 1 heterocycles. The number of amides is 1. The van der Waals surface area contributed by atoms with Gasteiger partial charge in [-0.2, -0.15) is 0 Å². The van der Waals surface area contributed by atoms with E-state index in [9.17, 15) is 14.4 Å². The van der Waals surface area contributed by atoms with Gasteiger partial charge in [0.15, 0.2) is 0 Å². The van der Waals surface area contributed by atoms with Crippen LogP contribution in [0.2, 0.25) is 0 Å². The largest absolute Gasteiger partial charge is 0.497 e. The number of fused-ring (bicyclic) bond motifs is 1. The standard InChI is InChI=1S/C22H25N3O4/c1-5-24-21(27)18-8-6-7-9-19(18)25(22(24)28)14-20(26)23(3)15(2)16-10-12-17(29-4)13-11-16/h6-13,15H,5,14H2,1-4H3. The maximum absolute atomic E-state index is 13.0. The molecule has 29 heavy (non-hydrogen) atoms. The van der Waals surface area contributed by atoms with Crippen molar-refractivity contribution < 1.29 is 9.53 Å². The van der Waals surface area contributed by atoms with Crippen LogP contribution in [0.15, 0.2) is 58.1 Å². The molecule has 1 unspecified atom stereocenters. The van der Waals surface area contributed by atoms with Crippen molar-refractivity contribution >= 4 is 16.8 Å². The summed E-state index contributed by atoms with van der Waals surface area (Å²) in [6.07, 6.45) is 0. The normalized spacial score (nSPS) is 12.0. The number of rotatable bonds is 6. The molecule has 0 aliphatic carbocycles. The van der Waals surface area contributed by atoms with Crippen LogP contribution >= 0.6 is 0 Å². The summed E-state index contributed by atoms with van der Waals surface area (Å²) in [6.45, 7) is 3.76. The summed E-state index contributed by atoms with van der Waals surface area (Å²) in [5.41, 5.74) is 0.607. The fourth-order valence-electron chi connectivity index (χ4n) is 3.37. The SMILES string of the molecule is CCn1c(=O)c2ccccc2n(CC(=O)N(C)C(C)c2ccc(OC)cc2)c1=O. The molecule has 0 saturated heterocycles. The minimum absolute atomic E-state index is 0.142. The molecule has 0 radical (unpaired) electrons. The molecule has 0 fully saturated rings. The van der Waals surface area contributed by atoms with E-state index in [-0.39, 0.29) is 30.6 Å². The number of nitrogens with zero attached hydrogens (tertiary/aromatic N) is 3. The van der Waals surface area contributed by atoms with Gasteiger partial charge in [0.2, 0.25) is 5.91 Å². The molecule has 0 N–H and O–H groups in total. The summed E-state index contributed by atoms with van der Waals surface area (Å²) in [5.74, 6) is 0.525. The molecule has 0 aliphatic heterocycles. The molecule has 7 heteroatoms. The van der Waals surface area contributed by atoms with Crippen LogP contribution in [0.25, 0.3) is 10.9 Å². The van der Waals surface area contributed by atoms with Gasteiger partial charge in [-0.1, -0.05) is 24.3 Å². The number of likely N-dealkylation sites (N-methyl/N-ethyl adjacent to an activating group) is 1. The van der Waals surface area contributed by atoms with Crippen molar-refractivity contribution in [3.8, 4) is 5.75 Å². The van der Waals surface area contributed by atoms with E-state index in [1.807, 2.05) is 31.2 Å². The second kappa shape index (κ2) is 8.34. The predicted octanol–water partition coefficient (Wildman–Crippen LogP) is 2.41. The molecule has 2 aromatic carbocycles. The van der Waals surface area contributed by atoms with E-state index < -0.39 is 5.69 Å². The van der Waals surface area contributed by atoms with Gasteiger partial charge in [-0.3, -0.25) is 18.7 Å². The second-order valence-electron chi connectivity index (χ2n) is 6.89. The van der Waals surface area contributed by atoms with Gasteiger partial charge in [0.1, 0.15) is 12.3 Å². The Morgan fingerprint density at radius 1 is 1.07 bits per heavy atom. The van der Waals surface area contributed by atoms with E-state index in [0.29, 0.717) is 10.9 Å². The van der Waals surface area contributed by atoms with Crippen molar-refractivity contribution in [1.29, 1.82) is 0 Å². The number of hydrogen-bond donors (Lipinski definition) is 0. The number of aromatic nitrogens is 2. The number of para-hydroxylation sites is 1. The first kappa shape index (κ1) is 20.4. The van der Waals surface area contributed by atoms with E-state index in [4.69, 9.17) is 4.74 Å². The van der Waals surface area contributed by atoms with Gasteiger partial charge in [0.25, 0.3) is 5.56 Å². The van der Waals surface area contributed by atoms with Crippen molar-refractivity contribution in [1.82, 2.24) is 14.0 Å². The number of methoxy groups -OCH3 is 1. The van der Waals surface area contributed by atoms with E-state index >= 15 is 0 Å². The molecule has 1 atom stereocenters. The zero-order chi connectivity index (χ0) is 21.1. The Morgan fingerprint density at radius 3 is 2.34 bits per heavy atom. The highest BCUT2D eigenvalue weighted by molar-refractivity contribution is 5.81. The van der Waals surface area contributed by atoms with Gasteiger partial charge in [0, 0.05) is 13.6 Å².